The van der Waals surface area contributed by atoms with Gasteiger partial charge in [-0.1, -0.05) is 36.8 Å². The highest BCUT2D eigenvalue weighted by molar-refractivity contribution is 6.08. The normalized spacial score (nSPS) is 18.9. The monoisotopic (exact) mass is 273 g/mol. The Kier molecular flexibility index (Phi) is 3.93. The Hall–Kier alpha value is -2.10. The van der Waals surface area contributed by atoms with Gasteiger partial charge in [0, 0.05) is 6.54 Å². The Labute approximate surface area is 118 Å². The summed E-state index contributed by atoms with van der Waals surface area (Å²) < 4.78 is 0. The number of benzene rings is 1. The van der Waals surface area contributed by atoms with Gasteiger partial charge in [0.1, 0.15) is 0 Å². The van der Waals surface area contributed by atoms with Crippen LogP contribution in [0.1, 0.15) is 37.4 Å². The van der Waals surface area contributed by atoms with Crippen LogP contribution in [0.2, 0.25) is 0 Å². The number of aliphatic hydroxyl groups excluding tert-OH is 1. The summed E-state index contributed by atoms with van der Waals surface area (Å²) in [5.74, 6) is -1.13. The van der Waals surface area contributed by atoms with Gasteiger partial charge < -0.3 is 10.0 Å². The summed E-state index contributed by atoms with van der Waals surface area (Å²) in [4.78, 5) is 25.5. The Morgan fingerprint density at radius 2 is 1.90 bits per heavy atom. The molecule has 0 aromatic heterocycles. The first-order valence-corrected chi connectivity index (χ1v) is 6.79. The maximum atomic E-state index is 12.1. The van der Waals surface area contributed by atoms with Gasteiger partial charge in [-0.3, -0.25) is 9.59 Å². The second-order valence-corrected chi connectivity index (χ2v) is 5.13. The number of hydrogen-bond acceptors (Lipinski definition) is 3. The summed E-state index contributed by atoms with van der Waals surface area (Å²) in [6, 6.07) is 7.21. The standard InChI is InChI=1S/C16H19NO3/c1-4-9-17-14(12-7-5-10(2)6-8-12)13(11(3)18)15(19)16(17)20/h5-8,14,19H,4,9H2,1-3H3/t14-/m0/s1. The van der Waals surface area contributed by atoms with E-state index in [1.165, 1.54) is 6.92 Å². The van der Waals surface area contributed by atoms with Crippen LogP contribution in [0.4, 0.5) is 0 Å². The van der Waals surface area contributed by atoms with Gasteiger partial charge in [-0.05, 0) is 25.8 Å². The van der Waals surface area contributed by atoms with Gasteiger partial charge >= 0.3 is 0 Å². The molecule has 106 valence electrons. The molecule has 0 radical (unpaired) electrons. The molecule has 1 heterocycles. The Morgan fingerprint density at radius 1 is 1.30 bits per heavy atom. The molecule has 1 aliphatic rings. The van der Waals surface area contributed by atoms with E-state index in [1.54, 1.807) is 4.90 Å². The van der Waals surface area contributed by atoms with E-state index >= 15 is 0 Å². The fourth-order valence-electron chi connectivity index (χ4n) is 2.58. The van der Waals surface area contributed by atoms with Crippen LogP contribution in [0.15, 0.2) is 35.6 Å². The summed E-state index contributed by atoms with van der Waals surface area (Å²) in [6.07, 6.45) is 0.770. The predicted molar refractivity (Wildman–Crippen MR) is 76.3 cm³/mol. The van der Waals surface area contributed by atoms with Crippen molar-refractivity contribution in [2.45, 2.75) is 33.2 Å². The van der Waals surface area contributed by atoms with E-state index in [2.05, 4.69) is 0 Å². The largest absolute Gasteiger partial charge is 0.503 e. The zero-order chi connectivity index (χ0) is 14.9. The SMILES string of the molecule is CCCN1C(=O)C(O)=C(C(C)=O)[C@@H]1c1ccc(C)cc1. The first-order chi connectivity index (χ1) is 9.47. The molecule has 0 aliphatic carbocycles. The maximum absolute atomic E-state index is 12.1. The number of hydrogen-bond donors (Lipinski definition) is 1. The van der Waals surface area contributed by atoms with Crippen molar-refractivity contribution >= 4 is 11.7 Å². The molecular formula is C16H19NO3. The highest BCUT2D eigenvalue weighted by Crippen LogP contribution is 2.37. The van der Waals surface area contributed by atoms with Crippen LogP contribution in [0, 0.1) is 6.92 Å². The molecule has 0 bridgehead atoms. The smallest absolute Gasteiger partial charge is 0.290 e. The second kappa shape index (κ2) is 5.49. The van der Waals surface area contributed by atoms with E-state index in [0.717, 1.165) is 17.5 Å². The molecule has 2 rings (SSSR count). The van der Waals surface area contributed by atoms with Crippen LogP contribution >= 0.6 is 0 Å². The molecule has 0 spiro atoms. The number of nitrogens with zero attached hydrogens (tertiary/aromatic N) is 1. The Bertz CT molecular complexity index is 572. The van der Waals surface area contributed by atoms with Crippen LogP contribution < -0.4 is 0 Å². The molecule has 0 unspecified atom stereocenters. The number of carbonyl (C=O) groups is 2. The van der Waals surface area contributed by atoms with E-state index in [4.69, 9.17) is 0 Å². The van der Waals surface area contributed by atoms with E-state index in [-0.39, 0.29) is 11.4 Å². The van der Waals surface area contributed by atoms with E-state index in [0.29, 0.717) is 6.54 Å². The van der Waals surface area contributed by atoms with Crippen molar-refractivity contribution in [2.75, 3.05) is 6.54 Å². The van der Waals surface area contributed by atoms with Gasteiger partial charge in [-0.25, -0.2) is 0 Å². The van der Waals surface area contributed by atoms with E-state index in [1.807, 2.05) is 38.1 Å². The molecule has 1 aromatic rings. The molecule has 1 aliphatic heterocycles. The van der Waals surface area contributed by atoms with Crippen molar-refractivity contribution in [3.05, 3.63) is 46.7 Å². The van der Waals surface area contributed by atoms with Crippen molar-refractivity contribution in [3.63, 3.8) is 0 Å². The second-order valence-electron chi connectivity index (χ2n) is 5.13. The fraction of sp³-hybridized carbons (Fsp3) is 0.375. The van der Waals surface area contributed by atoms with Gasteiger partial charge in [0.05, 0.1) is 11.6 Å². The first kappa shape index (κ1) is 14.3. The summed E-state index contributed by atoms with van der Waals surface area (Å²) in [7, 11) is 0. The summed E-state index contributed by atoms with van der Waals surface area (Å²) in [6.45, 7) is 5.84. The minimum atomic E-state index is -0.472. The fourth-order valence-corrected chi connectivity index (χ4v) is 2.58. The van der Waals surface area contributed by atoms with Crippen LogP contribution in [0.25, 0.3) is 0 Å². The Balaban J connectivity index is 2.51. The molecule has 1 aromatic carbocycles. The topological polar surface area (TPSA) is 57.6 Å². The van der Waals surface area contributed by atoms with Gasteiger partial charge in [0.2, 0.25) is 0 Å². The Morgan fingerprint density at radius 3 is 2.40 bits per heavy atom. The molecule has 0 fully saturated rings. The lowest BCUT2D eigenvalue weighted by molar-refractivity contribution is -0.129. The van der Waals surface area contributed by atoms with Gasteiger partial charge in [-0.2, -0.15) is 0 Å². The average molecular weight is 273 g/mol. The summed E-state index contributed by atoms with van der Waals surface area (Å²) in [5, 5.41) is 9.98. The molecule has 0 saturated carbocycles. The quantitative estimate of drug-likeness (QED) is 0.917. The average Bonchev–Trinajstić information content (AvgIpc) is 2.65. The van der Waals surface area contributed by atoms with Crippen molar-refractivity contribution < 1.29 is 14.7 Å². The molecule has 4 nitrogen and oxygen atoms in total. The van der Waals surface area contributed by atoms with Gasteiger partial charge in [0.15, 0.2) is 11.5 Å². The van der Waals surface area contributed by atoms with Crippen molar-refractivity contribution in [1.29, 1.82) is 0 Å². The predicted octanol–water partition coefficient (Wildman–Crippen LogP) is 2.69. The van der Waals surface area contributed by atoms with E-state index < -0.39 is 17.7 Å². The zero-order valence-corrected chi connectivity index (χ0v) is 12.0. The molecule has 0 saturated heterocycles. The summed E-state index contributed by atoms with van der Waals surface area (Å²) in [5.41, 5.74) is 2.16. The number of aryl methyl sites for hydroxylation is 1. The molecule has 4 heteroatoms. The lowest BCUT2D eigenvalue weighted by atomic mass is 9.96. The number of aliphatic hydroxyl groups is 1. The van der Waals surface area contributed by atoms with Crippen LogP contribution in [0.5, 0.6) is 0 Å². The summed E-state index contributed by atoms with van der Waals surface area (Å²) >= 11 is 0. The highest BCUT2D eigenvalue weighted by Gasteiger charge is 2.41. The third-order valence-electron chi connectivity index (χ3n) is 3.54. The number of carbonyl (C=O) groups excluding carboxylic acids is 2. The third-order valence-corrected chi connectivity index (χ3v) is 3.54. The minimum absolute atomic E-state index is 0.201. The molecule has 20 heavy (non-hydrogen) atoms. The van der Waals surface area contributed by atoms with Gasteiger partial charge in [0.25, 0.3) is 5.91 Å². The van der Waals surface area contributed by atoms with Crippen molar-refractivity contribution in [3.8, 4) is 0 Å². The lowest BCUT2D eigenvalue weighted by Crippen LogP contribution is -2.31. The molecule has 1 atom stereocenters. The number of rotatable bonds is 4. The number of ketones is 1. The molecule has 1 amide bonds. The highest BCUT2D eigenvalue weighted by atomic mass is 16.3. The van der Waals surface area contributed by atoms with Crippen LogP contribution in [-0.4, -0.2) is 28.2 Å². The minimum Gasteiger partial charge on any atom is -0.503 e. The van der Waals surface area contributed by atoms with Crippen LogP contribution in [-0.2, 0) is 9.59 Å². The zero-order valence-electron chi connectivity index (χ0n) is 12.0. The first-order valence-electron chi connectivity index (χ1n) is 6.79. The van der Waals surface area contributed by atoms with E-state index in [9.17, 15) is 14.7 Å². The van der Waals surface area contributed by atoms with Gasteiger partial charge in [-0.15, -0.1) is 0 Å². The molecular weight excluding hydrogens is 254 g/mol. The molecule has 1 N–H and O–H groups in total. The van der Waals surface area contributed by atoms with Crippen molar-refractivity contribution in [1.82, 2.24) is 4.90 Å². The van der Waals surface area contributed by atoms with Crippen molar-refractivity contribution in [2.24, 2.45) is 0 Å². The lowest BCUT2D eigenvalue weighted by Gasteiger charge is -2.26. The number of Topliss-reactive ketones (excluding diaryl/α,β-unsaturated/α-hetero) is 1. The number of amides is 1. The van der Waals surface area contributed by atoms with Crippen LogP contribution in [0.3, 0.4) is 0 Å². The third kappa shape index (κ3) is 2.33. The maximum Gasteiger partial charge on any atom is 0.290 e.